The van der Waals surface area contributed by atoms with Crippen LogP contribution in [0.15, 0.2) is 85.2 Å². The third-order valence-electron chi connectivity index (χ3n) is 7.41. The van der Waals surface area contributed by atoms with Crippen LogP contribution in [0.2, 0.25) is 19.6 Å². The molecule has 0 spiro atoms. The maximum Gasteiger partial charge on any atom is 0.130 e. The number of rotatable bonds is 6. The summed E-state index contributed by atoms with van der Waals surface area (Å²) in [6.45, 7) is 15.4. The Bertz CT molecular complexity index is 1910. The molecule has 0 aliphatic rings. The molecule has 229 valence electrons. The van der Waals surface area contributed by atoms with Crippen molar-refractivity contribution in [1.29, 1.82) is 0 Å². The summed E-state index contributed by atoms with van der Waals surface area (Å²) in [6, 6.07) is 29.5. The van der Waals surface area contributed by atoms with Crippen LogP contribution in [0.25, 0.3) is 42.7 Å². The van der Waals surface area contributed by atoms with Crippen molar-refractivity contribution >= 4 is 44.8 Å². The second-order valence-corrected chi connectivity index (χ2v) is 18.7. The Morgan fingerprint density at radius 2 is 1.70 bits per heavy atom. The van der Waals surface area contributed by atoms with E-state index in [1.807, 2.05) is 62.4 Å². The zero-order valence-corrected chi connectivity index (χ0v) is 30.6. The molecule has 0 atom stereocenters. The molecule has 6 aromatic rings. The SMILES string of the molecule is CC(C)Cc1cc(-c2[c-]cccc2)ncc1[Si](C)(C)C.[2H]C(C)(C)c1ccnc(-c2[c-]ccc3c2sc2cccc(F)c23)c1.[Ir]. The van der Waals surface area contributed by atoms with Gasteiger partial charge in [-0.05, 0) is 57.7 Å². The normalized spacial score (nSPS) is 12.1. The van der Waals surface area contributed by atoms with Gasteiger partial charge >= 0.3 is 0 Å². The summed E-state index contributed by atoms with van der Waals surface area (Å²) in [5, 5.41) is 3.04. The molecule has 3 aromatic carbocycles. The summed E-state index contributed by atoms with van der Waals surface area (Å²) in [5.41, 5.74) is 6.12. The van der Waals surface area contributed by atoms with Gasteiger partial charge in [-0.15, -0.1) is 59.7 Å². The Labute approximate surface area is 281 Å². The Morgan fingerprint density at radius 1 is 0.909 bits per heavy atom. The minimum absolute atomic E-state index is 0. The molecule has 0 aliphatic heterocycles. The fourth-order valence-corrected chi connectivity index (χ4v) is 8.11. The second-order valence-electron chi connectivity index (χ2n) is 12.6. The first-order valence-corrected chi connectivity index (χ1v) is 19.1. The van der Waals surface area contributed by atoms with Crippen LogP contribution in [0.3, 0.4) is 0 Å². The minimum atomic E-state index is -1.34. The zero-order chi connectivity index (χ0) is 31.6. The fraction of sp³-hybridized carbons (Fsp3) is 0.263. The van der Waals surface area contributed by atoms with Crippen LogP contribution in [0.1, 0.15) is 46.1 Å². The average molecular weight is 796 g/mol. The summed E-state index contributed by atoms with van der Waals surface area (Å²) >= 11 is 1.55. The number of aromatic nitrogens is 2. The molecule has 3 aromatic heterocycles. The van der Waals surface area contributed by atoms with Crippen LogP contribution in [-0.2, 0) is 26.5 Å². The first-order valence-electron chi connectivity index (χ1n) is 15.3. The number of halogens is 1. The van der Waals surface area contributed by atoms with Gasteiger partial charge in [0.2, 0.25) is 0 Å². The molecule has 0 saturated heterocycles. The second kappa shape index (κ2) is 14.4. The van der Waals surface area contributed by atoms with Crippen molar-refractivity contribution in [3.05, 3.63) is 114 Å². The zero-order valence-electron chi connectivity index (χ0n) is 27.4. The van der Waals surface area contributed by atoms with E-state index in [4.69, 9.17) is 1.37 Å². The van der Waals surface area contributed by atoms with Gasteiger partial charge in [0.05, 0.1) is 8.07 Å². The average Bonchev–Trinajstić information content (AvgIpc) is 3.37. The molecule has 0 bridgehead atoms. The molecule has 2 nitrogen and oxygen atoms in total. The van der Waals surface area contributed by atoms with E-state index < -0.39 is 14.0 Å². The summed E-state index contributed by atoms with van der Waals surface area (Å²) in [7, 11) is -1.34. The largest absolute Gasteiger partial charge is 0.305 e. The van der Waals surface area contributed by atoms with Crippen molar-refractivity contribution in [3.8, 4) is 22.5 Å². The van der Waals surface area contributed by atoms with Gasteiger partial charge in [-0.2, -0.15) is 11.3 Å². The van der Waals surface area contributed by atoms with E-state index in [1.54, 1.807) is 23.6 Å². The monoisotopic (exact) mass is 796 g/mol. The number of nitrogens with zero attached hydrogens (tertiary/aromatic N) is 2. The molecule has 0 aliphatic carbocycles. The molecule has 1 radical (unpaired) electrons. The maximum atomic E-state index is 14.3. The van der Waals surface area contributed by atoms with Crippen LogP contribution >= 0.6 is 11.3 Å². The van der Waals surface area contributed by atoms with Crippen LogP contribution in [0, 0.1) is 23.9 Å². The molecular formula is C38H39FIrN2SSi-2. The van der Waals surface area contributed by atoms with E-state index in [0.29, 0.717) is 11.3 Å². The van der Waals surface area contributed by atoms with Gasteiger partial charge in [0.1, 0.15) is 5.82 Å². The van der Waals surface area contributed by atoms with Crippen molar-refractivity contribution in [3.63, 3.8) is 0 Å². The van der Waals surface area contributed by atoms with E-state index in [2.05, 4.69) is 73.9 Å². The van der Waals surface area contributed by atoms with Crippen molar-refractivity contribution < 1.29 is 25.9 Å². The van der Waals surface area contributed by atoms with Gasteiger partial charge in [-0.1, -0.05) is 82.0 Å². The van der Waals surface area contributed by atoms with Crippen LogP contribution in [-0.4, -0.2) is 18.0 Å². The van der Waals surface area contributed by atoms with Gasteiger partial charge in [0, 0.05) is 44.0 Å². The van der Waals surface area contributed by atoms with Gasteiger partial charge in [-0.25, -0.2) is 4.39 Å². The number of fused-ring (bicyclic) bond motifs is 3. The Hall–Kier alpha value is -3.02. The fourth-order valence-electron chi connectivity index (χ4n) is 5.30. The predicted molar refractivity (Wildman–Crippen MR) is 185 cm³/mol. The summed E-state index contributed by atoms with van der Waals surface area (Å²) in [5.74, 6) is -0.234. The summed E-state index contributed by atoms with van der Waals surface area (Å²) in [4.78, 5) is 9.15. The van der Waals surface area contributed by atoms with Crippen LogP contribution < -0.4 is 5.19 Å². The number of thiophene rings is 1. The van der Waals surface area contributed by atoms with Gasteiger partial charge in [0.25, 0.3) is 0 Å². The molecule has 0 saturated carbocycles. The molecule has 0 fully saturated rings. The van der Waals surface area contributed by atoms with E-state index in [1.165, 1.54) is 16.8 Å². The van der Waals surface area contributed by atoms with Crippen molar-refractivity contribution in [2.45, 2.75) is 59.7 Å². The smallest absolute Gasteiger partial charge is 0.130 e. The first-order chi connectivity index (χ1) is 20.8. The quantitative estimate of drug-likeness (QED) is 0.124. The van der Waals surface area contributed by atoms with Crippen LogP contribution in [0.4, 0.5) is 4.39 Å². The Balaban J connectivity index is 0.000000204. The topological polar surface area (TPSA) is 25.8 Å². The molecule has 6 rings (SSSR count). The summed E-state index contributed by atoms with van der Waals surface area (Å²) < 4.78 is 24.4. The van der Waals surface area contributed by atoms with Gasteiger partial charge in [0.15, 0.2) is 0 Å². The van der Waals surface area contributed by atoms with Crippen molar-refractivity contribution in [1.82, 2.24) is 9.97 Å². The molecule has 0 unspecified atom stereocenters. The Morgan fingerprint density at radius 3 is 2.39 bits per heavy atom. The van der Waals surface area contributed by atoms with Gasteiger partial charge in [-0.3, -0.25) is 0 Å². The van der Waals surface area contributed by atoms with Crippen LogP contribution in [0.5, 0.6) is 0 Å². The first kappa shape index (κ1) is 32.4. The number of pyridine rings is 2. The minimum Gasteiger partial charge on any atom is -0.305 e. The maximum absolute atomic E-state index is 14.3. The summed E-state index contributed by atoms with van der Waals surface area (Å²) in [6.07, 6.45) is 4.96. The standard InChI is InChI=1S/C20H15FNS.C18H24NSi.Ir/c1-12(2)13-9-10-22-17(11-13)14-5-3-6-15-19-16(21)7-4-8-18(19)23-20(14)15;1-14(2)11-16-12-17(15-9-7-6-8-10-15)19-13-18(16)20(3,4)5;/h3-4,6-12H,1-2H3;6-9,12-14H,11H2,1-5H3;/q2*-1;/i12D;;. The third kappa shape index (κ3) is 7.60. The number of benzene rings is 3. The predicted octanol–water partition coefficient (Wildman–Crippen LogP) is 10.5. The van der Waals surface area contributed by atoms with Crippen molar-refractivity contribution in [2.75, 3.05) is 0 Å². The molecule has 44 heavy (non-hydrogen) atoms. The Kier molecular flexibility index (Phi) is 10.6. The molecular weight excluding hydrogens is 756 g/mol. The molecule has 3 heterocycles. The molecule has 0 N–H and O–H groups in total. The van der Waals surface area contributed by atoms with Gasteiger partial charge < -0.3 is 9.97 Å². The van der Waals surface area contributed by atoms with E-state index in [9.17, 15) is 4.39 Å². The third-order valence-corrected chi connectivity index (χ3v) is 10.7. The van der Waals surface area contributed by atoms with Crippen molar-refractivity contribution in [2.24, 2.45) is 5.92 Å². The van der Waals surface area contributed by atoms with E-state index >= 15 is 0 Å². The molecule has 0 amide bonds. The van der Waals surface area contributed by atoms with E-state index in [0.717, 1.165) is 49.3 Å². The van der Waals surface area contributed by atoms with E-state index in [-0.39, 0.29) is 25.9 Å². The number of hydrogen-bond acceptors (Lipinski definition) is 3. The number of hydrogen-bond donors (Lipinski definition) is 0. The molecule has 6 heteroatoms.